The Bertz CT molecular complexity index is 976. The molecule has 0 aromatic heterocycles. The molecule has 2 aromatic carbocycles. The molecule has 0 saturated heterocycles. The van der Waals surface area contributed by atoms with Gasteiger partial charge in [0.15, 0.2) is 0 Å². The van der Waals surface area contributed by atoms with Crippen molar-refractivity contribution in [2.75, 3.05) is 13.2 Å². The van der Waals surface area contributed by atoms with Gasteiger partial charge in [0.2, 0.25) is 5.91 Å². The minimum atomic E-state index is -0.794. The normalized spacial score (nSPS) is 13.9. The molecule has 0 spiro atoms. The van der Waals surface area contributed by atoms with E-state index in [1.54, 1.807) is 0 Å². The number of hydrogen-bond acceptors (Lipinski definition) is 4. The number of amides is 2. The molecule has 2 amide bonds. The number of carbonyl (C=O) groups excluding carboxylic acids is 2. The average molecular weight is 481 g/mol. The first-order chi connectivity index (χ1) is 16.9. The first kappa shape index (κ1) is 26.3. The van der Waals surface area contributed by atoms with Gasteiger partial charge in [0.25, 0.3) is 0 Å². The van der Waals surface area contributed by atoms with Crippen LogP contribution in [0.15, 0.2) is 48.5 Å². The average Bonchev–Trinajstić information content (AvgIpc) is 3.18. The zero-order valence-corrected chi connectivity index (χ0v) is 20.6. The van der Waals surface area contributed by atoms with Crippen molar-refractivity contribution in [3.63, 3.8) is 0 Å². The summed E-state index contributed by atoms with van der Waals surface area (Å²) in [4.78, 5) is 35.7. The standard InChI is InChI=1S/C28H36N2O5/c1-3-19(13-14-27(32)33)15-16-29-26(31)17-20(4-2)30-28(34)35-18-25-23-11-7-5-9-21(23)22-10-6-8-12-24(22)25/h5-12,19-20,25H,3-4,13-18H2,1-2H3,(H,29,31)(H,30,34)(H,32,33)/t19?,20-/m0/s1. The summed E-state index contributed by atoms with van der Waals surface area (Å²) in [7, 11) is 0. The Labute approximate surface area is 207 Å². The molecule has 7 heteroatoms. The van der Waals surface area contributed by atoms with Crippen LogP contribution < -0.4 is 10.6 Å². The van der Waals surface area contributed by atoms with Crippen LogP contribution in [-0.4, -0.2) is 42.3 Å². The summed E-state index contributed by atoms with van der Waals surface area (Å²) < 4.78 is 5.60. The number of carboxylic acids is 1. The summed E-state index contributed by atoms with van der Waals surface area (Å²) in [6.07, 6.45) is 2.64. The molecule has 0 bridgehead atoms. The summed E-state index contributed by atoms with van der Waals surface area (Å²) in [6.45, 7) is 4.68. The van der Waals surface area contributed by atoms with Gasteiger partial charge in [0, 0.05) is 31.3 Å². The summed E-state index contributed by atoms with van der Waals surface area (Å²) in [5, 5.41) is 14.6. The monoisotopic (exact) mass is 480 g/mol. The van der Waals surface area contributed by atoms with Gasteiger partial charge in [-0.3, -0.25) is 9.59 Å². The van der Waals surface area contributed by atoms with E-state index < -0.39 is 12.1 Å². The highest BCUT2D eigenvalue weighted by Gasteiger charge is 2.29. The molecule has 35 heavy (non-hydrogen) atoms. The summed E-state index contributed by atoms with van der Waals surface area (Å²) in [5.74, 6) is -0.669. The fourth-order valence-electron chi connectivity index (χ4n) is 4.70. The van der Waals surface area contributed by atoms with Gasteiger partial charge in [-0.05, 0) is 47.4 Å². The lowest BCUT2D eigenvalue weighted by atomic mass is 9.96. The number of carboxylic acid groups (broad SMARTS) is 1. The van der Waals surface area contributed by atoms with Crippen LogP contribution in [0.3, 0.4) is 0 Å². The van der Waals surface area contributed by atoms with Crippen molar-refractivity contribution in [3.05, 3.63) is 59.7 Å². The van der Waals surface area contributed by atoms with Gasteiger partial charge in [-0.25, -0.2) is 4.79 Å². The minimum absolute atomic E-state index is 0.0100. The maximum atomic E-state index is 12.5. The van der Waals surface area contributed by atoms with Crippen molar-refractivity contribution in [2.45, 2.75) is 64.3 Å². The Balaban J connectivity index is 1.44. The molecule has 0 fully saturated rings. The van der Waals surface area contributed by atoms with E-state index in [2.05, 4.69) is 34.9 Å². The molecule has 1 aliphatic carbocycles. The molecule has 3 rings (SSSR count). The Morgan fingerprint density at radius 1 is 0.943 bits per heavy atom. The first-order valence-corrected chi connectivity index (χ1v) is 12.5. The maximum Gasteiger partial charge on any atom is 0.407 e. The maximum absolute atomic E-state index is 12.5. The van der Waals surface area contributed by atoms with E-state index in [1.807, 2.05) is 38.1 Å². The van der Waals surface area contributed by atoms with Crippen LogP contribution in [0.5, 0.6) is 0 Å². The van der Waals surface area contributed by atoms with E-state index in [0.717, 1.165) is 24.0 Å². The van der Waals surface area contributed by atoms with Crippen LogP contribution in [-0.2, 0) is 14.3 Å². The molecule has 2 atom stereocenters. The van der Waals surface area contributed by atoms with Crippen molar-refractivity contribution >= 4 is 18.0 Å². The smallest absolute Gasteiger partial charge is 0.407 e. The van der Waals surface area contributed by atoms with Gasteiger partial charge in [0.05, 0.1) is 0 Å². The predicted molar refractivity (Wildman–Crippen MR) is 135 cm³/mol. The number of benzene rings is 2. The second-order valence-electron chi connectivity index (χ2n) is 9.12. The van der Waals surface area contributed by atoms with E-state index >= 15 is 0 Å². The molecule has 0 heterocycles. The molecule has 0 saturated carbocycles. The number of rotatable bonds is 13. The zero-order valence-electron chi connectivity index (χ0n) is 20.6. The summed E-state index contributed by atoms with van der Waals surface area (Å²) in [5.41, 5.74) is 4.66. The molecular weight excluding hydrogens is 444 g/mol. The summed E-state index contributed by atoms with van der Waals surface area (Å²) >= 11 is 0. The third kappa shape index (κ3) is 7.31. The van der Waals surface area contributed by atoms with Crippen LogP contribution >= 0.6 is 0 Å². The number of carbonyl (C=O) groups is 3. The zero-order chi connectivity index (χ0) is 25.2. The first-order valence-electron chi connectivity index (χ1n) is 12.5. The van der Waals surface area contributed by atoms with Crippen LogP contribution in [0.1, 0.15) is 69.4 Å². The third-order valence-corrected chi connectivity index (χ3v) is 6.81. The largest absolute Gasteiger partial charge is 0.481 e. The number of hydrogen-bond donors (Lipinski definition) is 3. The number of aliphatic carboxylic acids is 1. The number of ether oxygens (including phenoxy) is 1. The minimum Gasteiger partial charge on any atom is -0.481 e. The second kappa shape index (κ2) is 12.9. The lowest BCUT2D eigenvalue weighted by molar-refractivity contribution is -0.137. The third-order valence-electron chi connectivity index (χ3n) is 6.81. The fraction of sp³-hybridized carbons (Fsp3) is 0.464. The molecular formula is C28H36N2O5. The van der Waals surface area contributed by atoms with Gasteiger partial charge >= 0.3 is 12.1 Å². The molecule has 1 aliphatic rings. The Morgan fingerprint density at radius 2 is 1.57 bits per heavy atom. The molecule has 3 N–H and O–H groups in total. The highest BCUT2D eigenvalue weighted by atomic mass is 16.5. The highest BCUT2D eigenvalue weighted by molar-refractivity contribution is 5.79. The van der Waals surface area contributed by atoms with Crippen molar-refractivity contribution in [1.29, 1.82) is 0 Å². The van der Waals surface area contributed by atoms with Gasteiger partial charge in [0.1, 0.15) is 6.61 Å². The predicted octanol–water partition coefficient (Wildman–Crippen LogP) is 5.09. The SMILES string of the molecule is CCC(CCNC(=O)C[C@H](CC)NC(=O)OCC1c2ccccc2-c2ccccc21)CCC(=O)O. The number of nitrogens with one attached hydrogen (secondary N) is 2. The van der Waals surface area contributed by atoms with Gasteiger partial charge in [-0.15, -0.1) is 0 Å². The Kier molecular flexibility index (Phi) is 9.70. The van der Waals surface area contributed by atoms with Gasteiger partial charge in [-0.2, -0.15) is 0 Å². The van der Waals surface area contributed by atoms with Crippen LogP contribution in [0.2, 0.25) is 0 Å². The van der Waals surface area contributed by atoms with E-state index in [-0.39, 0.29) is 43.2 Å². The molecule has 2 aromatic rings. The van der Waals surface area contributed by atoms with Gasteiger partial charge < -0.3 is 20.5 Å². The Hall–Kier alpha value is -3.35. The lowest BCUT2D eigenvalue weighted by Crippen LogP contribution is -2.39. The van der Waals surface area contributed by atoms with E-state index in [1.165, 1.54) is 11.1 Å². The topological polar surface area (TPSA) is 105 Å². The number of fused-ring (bicyclic) bond motifs is 3. The van der Waals surface area contributed by atoms with Crippen LogP contribution in [0.25, 0.3) is 11.1 Å². The van der Waals surface area contributed by atoms with E-state index in [4.69, 9.17) is 9.84 Å². The van der Waals surface area contributed by atoms with Crippen molar-refractivity contribution in [3.8, 4) is 11.1 Å². The molecule has 188 valence electrons. The second-order valence-corrected chi connectivity index (χ2v) is 9.12. The molecule has 0 radical (unpaired) electrons. The van der Waals surface area contributed by atoms with Crippen molar-refractivity contribution in [1.82, 2.24) is 10.6 Å². The summed E-state index contributed by atoms with van der Waals surface area (Å²) in [6, 6.07) is 16.0. The van der Waals surface area contributed by atoms with Crippen molar-refractivity contribution < 1.29 is 24.2 Å². The Morgan fingerprint density at radius 3 is 2.14 bits per heavy atom. The van der Waals surface area contributed by atoms with Crippen LogP contribution in [0.4, 0.5) is 4.79 Å². The quantitative estimate of drug-likeness (QED) is 0.370. The van der Waals surface area contributed by atoms with Crippen molar-refractivity contribution in [2.24, 2.45) is 5.92 Å². The van der Waals surface area contributed by atoms with E-state index in [0.29, 0.717) is 19.4 Å². The van der Waals surface area contributed by atoms with Crippen LogP contribution in [0, 0.1) is 5.92 Å². The number of alkyl carbamates (subject to hydrolysis) is 1. The molecule has 0 aliphatic heterocycles. The molecule has 7 nitrogen and oxygen atoms in total. The fourth-order valence-corrected chi connectivity index (χ4v) is 4.70. The highest BCUT2D eigenvalue weighted by Crippen LogP contribution is 2.44. The van der Waals surface area contributed by atoms with Gasteiger partial charge in [-0.1, -0.05) is 68.8 Å². The molecule has 1 unspecified atom stereocenters. The van der Waals surface area contributed by atoms with E-state index in [9.17, 15) is 14.4 Å². The lowest BCUT2D eigenvalue weighted by Gasteiger charge is -2.19.